The van der Waals surface area contributed by atoms with Crippen molar-refractivity contribution in [1.29, 1.82) is 0 Å². The zero-order valence-electron chi connectivity index (χ0n) is 11.7. The molecule has 0 aromatic heterocycles. The van der Waals surface area contributed by atoms with E-state index in [9.17, 15) is 4.79 Å². The van der Waals surface area contributed by atoms with Crippen LogP contribution in [-0.4, -0.2) is 31.3 Å². The molecule has 0 unspecified atom stereocenters. The Kier molecular flexibility index (Phi) is 12.9. The van der Waals surface area contributed by atoms with Crippen LogP contribution in [0.25, 0.3) is 0 Å². The molecule has 0 heterocycles. The molecule has 2 N–H and O–H groups in total. The van der Waals surface area contributed by atoms with Gasteiger partial charge in [0.2, 0.25) is 0 Å². The van der Waals surface area contributed by atoms with Crippen LogP contribution in [0.3, 0.4) is 0 Å². The third kappa shape index (κ3) is 12.1. The molecule has 0 aliphatic heterocycles. The van der Waals surface area contributed by atoms with Crippen LogP contribution >= 0.6 is 11.8 Å². The van der Waals surface area contributed by atoms with Crippen molar-refractivity contribution >= 4 is 17.5 Å². The second-order valence-electron chi connectivity index (χ2n) is 4.29. The third-order valence-electron chi connectivity index (χ3n) is 2.44. The molecule has 0 radical (unpaired) electrons. The molecule has 0 atom stereocenters. The van der Waals surface area contributed by atoms with Crippen molar-refractivity contribution < 1.29 is 9.53 Å². The van der Waals surface area contributed by atoms with Crippen LogP contribution in [0.15, 0.2) is 11.0 Å². The number of nitrogens with two attached hydrogens (primary N) is 1. The highest BCUT2D eigenvalue weighted by Crippen LogP contribution is 2.16. The maximum atomic E-state index is 11.6. The normalized spacial score (nSPS) is 11.8. The van der Waals surface area contributed by atoms with Gasteiger partial charge in [-0.15, -0.1) is 11.8 Å². The standard InChI is InChI=1S/C14H27NO2S/c1-3-4-7-13(2)18-12-14(16)8-5-6-10-17-11-9-15/h7H,3-6,8-12,15H2,1-2H3/b13-7-. The summed E-state index contributed by atoms with van der Waals surface area (Å²) in [7, 11) is 0. The van der Waals surface area contributed by atoms with Crippen LogP contribution in [0.1, 0.15) is 46.0 Å². The summed E-state index contributed by atoms with van der Waals surface area (Å²) in [5.41, 5.74) is 5.31. The first-order valence-electron chi connectivity index (χ1n) is 6.79. The number of Topliss-reactive ketones (excluding diaryl/α,β-unsaturated/α-hetero) is 1. The minimum atomic E-state index is 0.336. The largest absolute Gasteiger partial charge is 0.380 e. The van der Waals surface area contributed by atoms with Crippen molar-refractivity contribution in [2.45, 2.75) is 46.0 Å². The van der Waals surface area contributed by atoms with E-state index in [4.69, 9.17) is 10.5 Å². The molecule has 0 fully saturated rings. The average molecular weight is 273 g/mol. The van der Waals surface area contributed by atoms with Gasteiger partial charge in [0.15, 0.2) is 0 Å². The van der Waals surface area contributed by atoms with Gasteiger partial charge in [-0.05, 0) is 31.1 Å². The molecule has 3 nitrogen and oxygen atoms in total. The minimum Gasteiger partial charge on any atom is -0.380 e. The average Bonchev–Trinajstić information content (AvgIpc) is 2.38. The van der Waals surface area contributed by atoms with Crippen molar-refractivity contribution in [2.75, 3.05) is 25.5 Å². The number of hydrogen-bond acceptors (Lipinski definition) is 4. The van der Waals surface area contributed by atoms with Crippen molar-refractivity contribution in [3.8, 4) is 0 Å². The monoisotopic (exact) mass is 273 g/mol. The molecule has 0 aromatic rings. The maximum Gasteiger partial charge on any atom is 0.143 e. The molecule has 0 aliphatic carbocycles. The number of thioether (sulfide) groups is 1. The molecule has 0 saturated carbocycles. The second-order valence-corrected chi connectivity index (χ2v) is 5.51. The molecule has 4 heteroatoms. The zero-order valence-corrected chi connectivity index (χ0v) is 12.6. The Hall–Kier alpha value is -0.320. The highest BCUT2D eigenvalue weighted by atomic mass is 32.2. The lowest BCUT2D eigenvalue weighted by Crippen LogP contribution is -2.09. The predicted octanol–water partition coefficient (Wildman–Crippen LogP) is 3.14. The van der Waals surface area contributed by atoms with Gasteiger partial charge in [0.1, 0.15) is 5.78 Å². The summed E-state index contributed by atoms with van der Waals surface area (Å²) in [6.45, 7) is 6.14. The Bertz CT molecular complexity index is 242. The molecule has 0 aliphatic rings. The van der Waals surface area contributed by atoms with Crippen molar-refractivity contribution in [2.24, 2.45) is 5.73 Å². The number of carbonyl (C=O) groups is 1. The van der Waals surface area contributed by atoms with Crippen LogP contribution in [0.5, 0.6) is 0 Å². The smallest absolute Gasteiger partial charge is 0.143 e. The Morgan fingerprint density at radius 3 is 2.78 bits per heavy atom. The van der Waals surface area contributed by atoms with Crippen molar-refractivity contribution in [3.05, 3.63) is 11.0 Å². The summed E-state index contributed by atoms with van der Waals surface area (Å²) in [6, 6.07) is 0. The van der Waals surface area contributed by atoms with E-state index in [1.807, 2.05) is 0 Å². The lowest BCUT2D eigenvalue weighted by Gasteiger charge is -2.03. The van der Waals surface area contributed by atoms with Crippen molar-refractivity contribution in [1.82, 2.24) is 0 Å². The summed E-state index contributed by atoms with van der Waals surface area (Å²) in [5, 5.41) is 0. The molecule has 0 amide bonds. The Balaban J connectivity index is 3.42. The third-order valence-corrected chi connectivity index (χ3v) is 3.53. The highest BCUT2D eigenvalue weighted by Gasteiger charge is 2.02. The zero-order chi connectivity index (χ0) is 13.6. The fourth-order valence-electron chi connectivity index (χ4n) is 1.38. The molecule has 0 saturated heterocycles. The predicted molar refractivity (Wildman–Crippen MR) is 79.9 cm³/mol. The quantitative estimate of drug-likeness (QED) is 0.555. The number of carbonyl (C=O) groups excluding carboxylic acids is 1. The SMILES string of the molecule is CCC/C=C(/C)SCC(=O)CCCCOCCN. The van der Waals surface area contributed by atoms with E-state index in [-0.39, 0.29) is 0 Å². The molecule has 0 rings (SSSR count). The van der Waals surface area contributed by atoms with Crippen LogP contribution in [0, 0.1) is 0 Å². The summed E-state index contributed by atoms with van der Waals surface area (Å²) in [6.07, 6.45) is 7.00. The molecule has 0 aromatic carbocycles. The van der Waals surface area contributed by atoms with Gasteiger partial charge in [-0.1, -0.05) is 19.4 Å². The molecule has 18 heavy (non-hydrogen) atoms. The first-order valence-corrected chi connectivity index (χ1v) is 7.78. The lowest BCUT2D eigenvalue weighted by molar-refractivity contribution is -0.116. The number of unbranched alkanes of at least 4 members (excludes halogenated alkanes) is 2. The molecule has 0 spiro atoms. The second kappa shape index (κ2) is 13.1. The van der Waals surface area contributed by atoms with E-state index in [2.05, 4.69) is 19.9 Å². The van der Waals surface area contributed by atoms with Gasteiger partial charge in [0.25, 0.3) is 0 Å². The van der Waals surface area contributed by atoms with Crippen LogP contribution in [-0.2, 0) is 9.53 Å². The van der Waals surface area contributed by atoms with Crippen LogP contribution in [0.2, 0.25) is 0 Å². The fourth-order valence-corrected chi connectivity index (χ4v) is 2.15. The number of allylic oxidation sites excluding steroid dienone is 2. The highest BCUT2D eigenvalue weighted by molar-refractivity contribution is 8.03. The van der Waals surface area contributed by atoms with Gasteiger partial charge in [-0.25, -0.2) is 0 Å². The molecule has 0 bridgehead atoms. The molecule has 106 valence electrons. The van der Waals surface area contributed by atoms with E-state index < -0.39 is 0 Å². The number of ether oxygens (including phenoxy) is 1. The van der Waals surface area contributed by atoms with Crippen molar-refractivity contribution in [3.63, 3.8) is 0 Å². The Labute approximate surface area is 116 Å². The van der Waals surface area contributed by atoms with E-state index in [1.165, 1.54) is 4.91 Å². The van der Waals surface area contributed by atoms with Gasteiger partial charge in [0, 0.05) is 19.6 Å². The van der Waals surface area contributed by atoms with Gasteiger partial charge >= 0.3 is 0 Å². The minimum absolute atomic E-state index is 0.336. The fraction of sp³-hybridized carbons (Fsp3) is 0.786. The maximum absolute atomic E-state index is 11.6. The van der Waals surface area contributed by atoms with E-state index in [0.29, 0.717) is 37.7 Å². The number of ketones is 1. The molecular weight excluding hydrogens is 246 g/mol. The van der Waals surface area contributed by atoms with Crippen LogP contribution in [0.4, 0.5) is 0 Å². The number of rotatable bonds is 12. The number of hydrogen-bond donors (Lipinski definition) is 1. The van der Waals surface area contributed by atoms with E-state index in [1.54, 1.807) is 11.8 Å². The van der Waals surface area contributed by atoms with Gasteiger partial charge < -0.3 is 10.5 Å². The van der Waals surface area contributed by atoms with E-state index in [0.717, 1.165) is 25.7 Å². The Morgan fingerprint density at radius 2 is 2.11 bits per heavy atom. The van der Waals surface area contributed by atoms with Gasteiger partial charge in [0.05, 0.1) is 12.4 Å². The van der Waals surface area contributed by atoms with Crippen LogP contribution < -0.4 is 5.73 Å². The summed E-state index contributed by atoms with van der Waals surface area (Å²) in [4.78, 5) is 12.9. The summed E-state index contributed by atoms with van der Waals surface area (Å²) >= 11 is 1.66. The van der Waals surface area contributed by atoms with E-state index >= 15 is 0 Å². The van der Waals surface area contributed by atoms with Gasteiger partial charge in [-0.2, -0.15) is 0 Å². The Morgan fingerprint density at radius 1 is 1.33 bits per heavy atom. The molecular formula is C14H27NO2S. The summed E-state index contributed by atoms with van der Waals surface area (Å²) in [5.74, 6) is 0.943. The summed E-state index contributed by atoms with van der Waals surface area (Å²) < 4.78 is 5.26. The topological polar surface area (TPSA) is 52.3 Å². The first-order chi connectivity index (χ1) is 8.70. The van der Waals surface area contributed by atoms with Gasteiger partial charge in [-0.3, -0.25) is 4.79 Å². The first kappa shape index (κ1) is 17.7. The lowest BCUT2D eigenvalue weighted by atomic mass is 10.2.